The summed E-state index contributed by atoms with van der Waals surface area (Å²) in [4.78, 5) is 2.42. The highest BCUT2D eigenvalue weighted by Crippen LogP contribution is 2.31. The summed E-state index contributed by atoms with van der Waals surface area (Å²) >= 11 is 6.08. The van der Waals surface area contributed by atoms with Crippen LogP contribution in [0.3, 0.4) is 0 Å². The second-order valence-corrected chi connectivity index (χ2v) is 5.12. The first kappa shape index (κ1) is 12.7. The third kappa shape index (κ3) is 2.75. The van der Waals surface area contributed by atoms with Gasteiger partial charge < -0.3 is 10.0 Å². The molecule has 1 N–H and O–H groups in total. The van der Waals surface area contributed by atoms with Crippen LogP contribution in [0.15, 0.2) is 18.2 Å². The molecule has 0 spiro atoms. The molecule has 2 nitrogen and oxygen atoms in total. The zero-order chi connectivity index (χ0) is 12.3. The number of nitrogens with zero attached hydrogens (tertiary/aromatic N) is 1. The van der Waals surface area contributed by atoms with Crippen molar-refractivity contribution in [3.63, 3.8) is 0 Å². The van der Waals surface area contributed by atoms with Crippen LogP contribution in [-0.4, -0.2) is 17.7 Å². The quantitative estimate of drug-likeness (QED) is 0.890. The second-order valence-electron chi connectivity index (χ2n) is 4.68. The predicted octanol–water partition coefficient (Wildman–Crippen LogP) is 3.60. The zero-order valence-corrected chi connectivity index (χ0v) is 11.1. The molecule has 0 aromatic heterocycles. The van der Waals surface area contributed by atoms with E-state index in [-0.39, 0.29) is 6.61 Å². The van der Waals surface area contributed by atoms with Crippen LogP contribution in [0.1, 0.15) is 38.2 Å². The SMILES string of the molecule is CCC1CCCCN1c1cc(Cl)ccc1CO. The minimum absolute atomic E-state index is 0.0828. The van der Waals surface area contributed by atoms with Crippen molar-refractivity contribution < 1.29 is 5.11 Å². The highest BCUT2D eigenvalue weighted by atomic mass is 35.5. The summed E-state index contributed by atoms with van der Waals surface area (Å²) in [6.07, 6.45) is 4.93. The summed E-state index contributed by atoms with van der Waals surface area (Å²) in [5, 5.41) is 10.2. The zero-order valence-electron chi connectivity index (χ0n) is 10.3. The van der Waals surface area contributed by atoms with E-state index in [0.29, 0.717) is 6.04 Å². The Hall–Kier alpha value is -0.730. The van der Waals surface area contributed by atoms with E-state index >= 15 is 0 Å². The van der Waals surface area contributed by atoms with Crippen LogP contribution < -0.4 is 4.90 Å². The van der Waals surface area contributed by atoms with Crippen LogP contribution in [0.25, 0.3) is 0 Å². The highest BCUT2D eigenvalue weighted by Gasteiger charge is 2.22. The van der Waals surface area contributed by atoms with Gasteiger partial charge in [-0.05, 0) is 37.8 Å². The van der Waals surface area contributed by atoms with Crippen LogP contribution in [0.4, 0.5) is 5.69 Å². The number of aliphatic hydroxyl groups excluding tert-OH is 1. The van der Waals surface area contributed by atoms with Crippen LogP contribution in [0, 0.1) is 0 Å². The van der Waals surface area contributed by atoms with Crippen LogP contribution in [0.5, 0.6) is 0 Å². The van der Waals surface area contributed by atoms with Gasteiger partial charge in [-0.15, -0.1) is 0 Å². The Bertz CT molecular complexity index is 380. The van der Waals surface area contributed by atoms with E-state index < -0.39 is 0 Å². The van der Waals surface area contributed by atoms with E-state index in [1.165, 1.54) is 19.3 Å². The third-order valence-corrected chi connectivity index (χ3v) is 3.86. The highest BCUT2D eigenvalue weighted by molar-refractivity contribution is 6.30. The van der Waals surface area contributed by atoms with E-state index in [1.54, 1.807) is 0 Å². The van der Waals surface area contributed by atoms with Crippen molar-refractivity contribution in [3.05, 3.63) is 28.8 Å². The van der Waals surface area contributed by atoms with E-state index in [0.717, 1.165) is 29.2 Å². The number of hydrogen-bond acceptors (Lipinski definition) is 2. The lowest BCUT2D eigenvalue weighted by atomic mass is 9.98. The van der Waals surface area contributed by atoms with Crippen molar-refractivity contribution in [2.24, 2.45) is 0 Å². The van der Waals surface area contributed by atoms with Gasteiger partial charge in [-0.1, -0.05) is 24.6 Å². The average molecular weight is 254 g/mol. The lowest BCUT2D eigenvalue weighted by Gasteiger charge is -2.38. The van der Waals surface area contributed by atoms with Crippen molar-refractivity contribution >= 4 is 17.3 Å². The first-order valence-electron chi connectivity index (χ1n) is 6.42. The van der Waals surface area contributed by atoms with E-state index in [4.69, 9.17) is 11.6 Å². The Labute approximate surface area is 108 Å². The molecular weight excluding hydrogens is 234 g/mol. The van der Waals surface area contributed by atoms with Crippen molar-refractivity contribution in [2.45, 2.75) is 45.3 Å². The molecule has 1 heterocycles. The van der Waals surface area contributed by atoms with Gasteiger partial charge in [-0.3, -0.25) is 0 Å². The number of benzene rings is 1. The smallest absolute Gasteiger partial charge is 0.0702 e. The topological polar surface area (TPSA) is 23.5 Å². The maximum atomic E-state index is 9.43. The molecule has 3 heteroatoms. The fraction of sp³-hybridized carbons (Fsp3) is 0.571. The molecule has 94 valence electrons. The molecule has 1 aliphatic heterocycles. The minimum Gasteiger partial charge on any atom is -0.392 e. The maximum Gasteiger partial charge on any atom is 0.0702 e. The second kappa shape index (κ2) is 5.74. The first-order valence-corrected chi connectivity index (χ1v) is 6.80. The summed E-state index contributed by atoms with van der Waals surface area (Å²) < 4.78 is 0. The molecule has 1 aromatic carbocycles. The maximum absolute atomic E-state index is 9.43. The van der Waals surface area contributed by atoms with Crippen molar-refractivity contribution in [1.82, 2.24) is 0 Å². The molecule has 0 aliphatic carbocycles. The summed E-state index contributed by atoms with van der Waals surface area (Å²) in [7, 11) is 0. The molecule has 2 rings (SSSR count). The van der Waals surface area contributed by atoms with Gasteiger partial charge in [0.15, 0.2) is 0 Å². The summed E-state index contributed by atoms with van der Waals surface area (Å²) in [6.45, 7) is 3.39. The molecular formula is C14H20ClNO. The molecule has 1 aliphatic rings. The predicted molar refractivity (Wildman–Crippen MR) is 72.7 cm³/mol. The molecule has 1 unspecified atom stereocenters. The lowest BCUT2D eigenvalue weighted by molar-refractivity contribution is 0.281. The van der Waals surface area contributed by atoms with Gasteiger partial charge in [-0.25, -0.2) is 0 Å². The molecule has 1 fully saturated rings. The lowest BCUT2D eigenvalue weighted by Crippen LogP contribution is -2.39. The number of rotatable bonds is 3. The molecule has 0 saturated carbocycles. The molecule has 17 heavy (non-hydrogen) atoms. The Morgan fingerprint density at radius 2 is 2.24 bits per heavy atom. The molecule has 1 saturated heterocycles. The fourth-order valence-corrected chi connectivity index (χ4v) is 2.85. The van der Waals surface area contributed by atoms with Gasteiger partial charge in [0.1, 0.15) is 0 Å². The third-order valence-electron chi connectivity index (χ3n) is 3.63. The first-order chi connectivity index (χ1) is 8.26. The largest absolute Gasteiger partial charge is 0.392 e. The Morgan fingerprint density at radius 1 is 1.41 bits per heavy atom. The van der Waals surface area contributed by atoms with Crippen molar-refractivity contribution in [1.29, 1.82) is 0 Å². The van der Waals surface area contributed by atoms with E-state index in [2.05, 4.69) is 11.8 Å². The Kier molecular flexibility index (Phi) is 4.30. The normalized spacial score (nSPS) is 20.6. The van der Waals surface area contributed by atoms with Gasteiger partial charge in [0.2, 0.25) is 0 Å². The fourth-order valence-electron chi connectivity index (χ4n) is 2.68. The van der Waals surface area contributed by atoms with Gasteiger partial charge in [0.05, 0.1) is 6.61 Å². The molecule has 0 radical (unpaired) electrons. The van der Waals surface area contributed by atoms with Crippen LogP contribution in [0.2, 0.25) is 5.02 Å². The number of aliphatic hydroxyl groups is 1. The van der Waals surface area contributed by atoms with Gasteiger partial charge in [0.25, 0.3) is 0 Å². The molecule has 1 atom stereocenters. The summed E-state index contributed by atoms with van der Waals surface area (Å²) in [6, 6.07) is 6.36. The number of piperidine rings is 1. The van der Waals surface area contributed by atoms with Crippen molar-refractivity contribution in [2.75, 3.05) is 11.4 Å². The van der Waals surface area contributed by atoms with Gasteiger partial charge in [-0.2, -0.15) is 0 Å². The van der Waals surface area contributed by atoms with Gasteiger partial charge in [0, 0.05) is 28.9 Å². The van der Waals surface area contributed by atoms with Crippen LogP contribution in [-0.2, 0) is 6.61 Å². The standard InChI is InChI=1S/C14H20ClNO/c1-2-13-5-3-4-8-16(13)14-9-12(15)7-6-11(14)10-17/h6-7,9,13,17H,2-5,8,10H2,1H3. The summed E-state index contributed by atoms with van der Waals surface area (Å²) in [5.74, 6) is 0. The molecule has 0 amide bonds. The molecule has 1 aromatic rings. The number of anilines is 1. The van der Waals surface area contributed by atoms with Crippen LogP contribution >= 0.6 is 11.6 Å². The number of hydrogen-bond donors (Lipinski definition) is 1. The Balaban J connectivity index is 2.33. The monoisotopic (exact) mass is 253 g/mol. The van der Waals surface area contributed by atoms with Crippen molar-refractivity contribution in [3.8, 4) is 0 Å². The van der Waals surface area contributed by atoms with Gasteiger partial charge >= 0.3 is 0 Å². The van der Waals surface area contributed by atoms with E-state index in [9.17, 15) is 5.11 Å². The Morgan fingerprint density at radius 3 is 2.94 bits per heavy atom. The minimum atomic E-state index is 0.0828. The van der Waals surface area contributed by atoms with E-state index in [1.807, 2.05) is 18.2 Å². The average Bonchev–Trinajstić information content (AvgIpc) is 2.38. The summed E-state index contributed by atoms with van der Waals surface area (Å²) in [5.41, 5.74) is 2.10. The number of halogens is 1. The molecule has 0 bridgehead atoms.